The van der Waals surface area contributed by atoms with E-state index < -0.39 is 24.5 Å². The van der Waals surface area contributed by atoms with E-state index in [2.05, 4.69) is 20.8 Å². The number of nitrogens with zero attached hydrogens (tertiary/aromatic N) is 6. The van der Waals surface area contributed by atoms with Crippen molar-refractivity contribution in [3.63, 3.8) is 0 Å². The summed E-state index contributed by atoms with van der Waals surface area (Å²) < 4.78 is 24.4. The number of hydrogen-bond donors (Lipinski definition) is 3. The van der Waals surface area contributed by atoms with Crippen LogP contribution in [-0.2, 0) is 35.0 Å². The molecule has 242 valence electrons. The first-order valence-corrected chi connectivity index (χ1v) is 15.5. The molecule has 1 amide bonds. The van der Waals surface area contributed by atoms with Crippen molar-refractivity contribution in [2.24, 2.45) is 5.73 Å². The zero-order valence-corrected chi connectivity index (χ0v) is 25.3. The van der Waals surface area contributed by atoms with Crippen molar-refractivity contribution in [1.29, 1.82) is 0 Å². The molecule has 0 aromatic carbocycles. The molecule has 2 aliphatic heterocycles. The standard InChI is InChI=1S/C29H39N9O7/c1-3-18-12-21(45-36-18)23-24(42-14-39)25(43-15-40)28(44-23)38-13-31-22-26(32-20-8-10-37(11-9-20)16(2)41)34-29(35-27(22)38)33-19-6-4-17(30)5-7-19/h12-15,17,19-20,23-25,28H,3-11,30H2,1-2H3,(H2,32,33,34,35)/t17?,19?,23-,24+,25-,28-/m1/s1. The molecule has 0 unspecified atom stereocenters. The van der Waals surface area contributed by atoms with Gasteiger partial charge in [-0.2, -0.15) is 9.97 Å². The molecule has 3 aromatic heterocycles. The van der Waals surface area contributed by atoms with Crippen molar-refractivity contribution in [2.75, 3.05) is 23.7 Å². The first-order valence-electron chi connectivity index (χ1n) is 15.5. The van der Waals surface area contributed by atoms with Crippen LogP contribution < -0.4 is 16.4 Å². The number of ether oxygens (including phenoxy) is 3. The first kappa shape index (κ1) is 30.7. The van der Waals surface area contributed by atoms with Crippen molar-refractivity contribution < 1.29 is 33.1 Å². The number of nitrogens with one attached hydrogen (secondary N) is 2. The van der Waals surface area contributed by atoms with Gasteiger partial charge >= 0.3 is 0 Å². The normalized spacial score (nSPS) is 27.3. The molecule has 4 N–H and O–H groups in total. The number of rotatable bonds is 11. The second-order valence-corrected chi connectivity index (χ2v) is 11.8. The lowest BCUT2D eigenvalue weighted by molar-refractivity contribution is -0.151. The Bertz CT molecular complexity index is 1500. The van der Waals surface area contributed by atoms with Crippen LogP contribution in [0, 0.1) is 0 Å². The van der Waals surface area contributed by atoms with E-state index in [0.29, 0.717) is 53.9 Å². The van der Waals surface area contributed by atoms with Gasteiger partial charge in [-0.25, -0.2) is 4.98 Å². The van der Waals surface area contributed by atoms with Crippen LogP contribution in [0.5, 0.6) is 0 Å². The Morgan fingerprint density at radius 3 is 2.42 bits per heavy atom. The zero-order valence-electron chi connectivity index (χ0n) is 25.3. The third kappa shape index (κ3) is 6.42. The molecule has 1 saturated carbocycles. The van der Waals surface area contributed by atoms with Gasteiger partial charge in [0.15, 0.2) is 47.3 Å². The number of aryl methyl sites for hydroxylation is 1. The number of likely N-dealkylation sites (tertiary alicyclic amines) is 1. The number of amides is 1. The monoisotopic (exact) mass is 625 g/mol. The molecule has 3 aromatic rings. The third-order valence-corrected chi connectivity index (χ3v) is 8.92. The van der Waals surface area contributed by atoms with Crippen molar-refractivity contribution in [2.45, 2.75) is 101 Å². The second-order valence-electron chi connectivity index (χ2n) is 11.8. The quantitative estimate of drug-likeness (QED) is 0.260. The fraction of sp³-hybridized carbons (Fsp3) is 0.621. The summed E-state index contributed by atoms with van der Waals surface area (Å²) in [6, 6.07) is 2.12. The fourth-order valence-corrected chi connectivity index (χ4v) is 6.39. The number of piperidine rings is 1. The van der Waals surface area contributed by atoms with E-state index in [1.807, 2.05) is 11.8 Å². The van der Waals surface area contributed by atoms with Gasteiger partial charge in [-0.05, 0) is 44.9 Å². The van der Waals surface area contributed by atoms with Crippen molar-refractivity contribution >= 4 is 41.8 Å². The van der Waals surface area contributed by atoms with Crippen LogP contribution in [0.3, 0.4) is 0 Å². The van der Waals surface area contributed by atoms with Gasteiger partial charge in [-0.15, -0.1) is 0 Å². The van der Waals surface area contributed by atoms with Crippen LogP contribution >= 0.6 is 0 Å². The maximum atomic E-state index is 11.9. The predicted octanol–water partition coefficient (Wildman–Crippen LogP) is 1.83. The summed E-state index contributed by atoms with van der Waals surface area (Å²) in [6.07, 6.45) is 3.27. The predicted molar refractivity (Wildman–Crippen MR) is 159 cm³/mol. The number of anilines is 2. The number of aromatic nitrogens is 5. The number of imidazole rings is 1. The SMILES string of the molecule is CCc1cc([C@H]2O[C@@H](n3cnc4c(NC5CCN(C(C)=O)CC5)nc(NC5CCC(N)CC5)nc43)[C@H](OC=O)[C@H]2OC=O)on1. The van der Waals surface area contributed by atoms with E-state index in [-0.39, 0.29) is 37.0 Å². The van der Waals surface area contributed by atoms with Gasteiger partial charge in [-0.1, -0.05) is 12.1 Å². The maximum Gasteiger partial charge on any atom is 0.293 e. The Labute approximate surface area is 259 Å². The van der Waals surface area contributed by atoms with Gasteiger partial charge in [0.25, 0.3) is 12.9 Å². The zero-order chi connectivity index (χ0) is 31.5. The lowest BCUT2D eigenvalue weighted by Gasteiger charge is -2.32. The Balaban J connectivity index is 1.36. The molecular formula is C29H39N9O7. The molecule has 0 bridgehead atoms. The third-order valence-electron chi connectivity index (χ3n) is 8.92. The minimum Gasteiger partial charge on any atom is -0.457 e. The molecule has 4 atom stereocenters. The Kier molecular flexibility index (Phi) is 9.11. The molecule has 45 heavy (non-hydrogen) atoms. The Morgan fingerprint density at radius 2 is 1.76 bits per heavy atom. The molecule has 16 nitrogen and oxygen atoms in total. The topological polar surface area (TPSA) is 202 Å². The van der Waals surface area contributed by atoms with E-state index in [1.165, 1.54) is 6.33 Å². The van der Waals surface area contributed by atoms with Gasteiger partial charge in [0.05, 0.1) is 12.0 Å². The lowest BCUT2D eigenvalue weighted by Crippen LogP contribution is -2.41. The summed E-state index contributed by atoms with van der Waals surface area (Å²) >= 11 is 0. The average molecular weight is 626 g/mol. The maximum absolute atomic E-state index is 11.9. The average Bonchev–Trinajstić information content (AvgIpc) is 3.77. The molecule has 2 saturated heterocycles. The second kappa shape index (κ2) is 13.4. The van der Waals surface area contributed by atoms with Crippen LogP contribution in [-0.4, -0.2) is 91.9 Å². The minimum absolute atomic E-state index is 0.0605. The summed E-state index contributed by atoms with van der Waals surface area (Å²) in [6.45, 7) is 5.37. The largest absolute Gasteiger partial charge is 0.457 e. The molecule has 0 radical (unpaired) electrons. The van der Waals surface area contributed by atoms with E-state index in [1.54, 1.807) is 17.6 Å². The van der Waals surface area contributed by atoms with Crippen LogP contribution in [0.2, 0.25) is 0 Å². The highest BCUT2D eigenvalue weighted by molar-refractivity contribution is 5.84. The Hall–Kier alpha value is -4.31. The Morgan fingerprint density at radius 1 is 1.04 bits per heavy atom. The molecule has 1 aliphatic carbocycles. The number of carbonyl (C=O) groups is 3. The highest BCUT2D eigenvalue weighted by Crippen LogP contribution is 2.43. The van der Waals surface area contributed by atoms with Crippen LogP contribution in [0.15, 0.2) is 16.9 Å². The molecule has 16 heteroatoms. The number of hydrogen-bond acceptors (Lipinski definition) is 14. The molecule has 6 rings (SSSR count). The summed E-state index contributed by atoms with van der Waals surface area (Å²) in [5.41, 5.74) is 7.73. The van der Waals surface area contributed by atoms with E-state index >= 15 is 0 Å². The molecule has 5 heterocycles. The van der Waals surface area contributed by atoms with Crippen LogP contribution in [0.4, 0.5) is 11.8 Å². The van der Waals surface area contributed by atoms with Gasteiger partial charge in [0, 0.05) is 44.2 Å². The molecule has 3 fully saturated rings. The lowest BCUT2D eigenvalue weighted by atomic mass is 9.92. The van der Waals surface area contributed by atoms with Gasteiger partial charge in [0.2, 0.25) is 11.9 Å². The first-order chi connectivity index (χ1) is 21.9. The molecule has 0 spiro atoms. The van der Waals surface area contributed by atoms with Crippen LogP contribution in [0.1, 0.15) is 76.2 Å². The summed E-state index contributed by atoms with van der Waals surface area (Å²) in [4.78, 5) is 51.2. The molecular weight excluding hydrogens is 586 g/mol. The highest BCUT2D eigenvalue weighted by atomic mass is 16.6. The molecule has 3 aliphatic rings. The van der Waals surface area contributed by atoms with Gasteiger partial charge in [0.1, 0.15) is 0 Å². The van der Waals surface area contributed by atoms with Crippen molar-refractivity contribution in [3.05, 3.63) is 23.8 Å². The number of fused-ring (bicyclic) bond motifs is 1. The van der Waals surface area contributed by atoms with Crippen molar-refractivity contribution in [1.82, 2.24) is 29.6 Å². The van der Waals surface area contributed by atoms with Gasteiger partial charge < -0.3 is 40.0 Å². The van der Waals surface area contributed by atoms with Crippen molar-refractivity contribution in [3.8, 4) is 0 Å². The van der Waals surface area contributed by atoms with E-state index in [4.69, 9.17) is 34.4 Å². The van der Waals surface area contributed by atoms with E-state index in [0.717, 1.165) is 38.5 Å². The minimum atomic E-state index is -1.05. The highest BCUT2D eigenvalue weighted by Gasteiger charge is 2.52. The van der Waals surface area contributed by atoms with E-state index in [9.17, 15) is 14.4 Å². The number of nitrogens with two attached hydrogens (primary N) is 1. The smallest absolute Gasteiger partial charge is 0.293 e. The summed E-state index contributed by atoms with van der Waals surface area (Å²) in [5.74, 6) is 1.32. The number of carbonyl (C=O) groups excluding carboxylic acids is 3. The summed E-state index contributed by atoms with van der Waals surface area (Å²) in [7, 11) is 0. The fourth-order valence-electron chi connectivity index (χ4n) is 6.39. The van der Waals surface area contributed by atoms with Crippen LogP contribution in [0.25, 0.3) is 11.2 Å². The van der Waals surface area contributed by atoms with Gasteiger partial charge in [-0.3, -0.25) is 19.0 Å². The summed E-state index contributed by atoms with van der Waals surface area (Å²) in [5, 5.41) is 11.1.